The normalized spacial score (nSPS) is 15.7. The van der Waals surface area contributed by atoms with Gasteiger partial charge in [-0.15, -0.1) is 0 Å². The number of nitrogens with zero attached hydrogens (tertiary/aromatic N) is 1. The molecule has 0 aliphatic heterocycles. The first-order valence-electron chi connectivity index (χ1n) is 7.13. The minimum atomic E-state index is -0.462. The van der Waals surface area contributed by atoms with Crippen LogP contribution < -0.4 is 16.8 Å². The van der Waals surface area contributed by atoms with Gasteiger partial charge in [0, 0.05) is 18.3 Å². The molecule has 1 unspecified atom stereocenters. The van der Waals surface area contributed by atoms with E-state index in [4.69, 9.17) is 11.5 Å². The topological polar surface area (TPSA) is 101 Å². The summed E-state index contributed by atoms with van der Waals surface area (Å²) in [6.07, 6.45) is 2.06. The third-order valence-electron chi connectivity index (χ3n) is 3.64. The van der Waals surface area contributed by atoms with Crippen LogP contribution in [0.2, 0.25) is 0 Å². The number of anilines is 1. The Morgan fingerprint density at radius 3 is 2.62 bits per heavy atom. The van der Waals surface area contributed by atoms with E-state index in [1.54, 1.807) is 17.9 Å². The van der Waals surface area contributed by atoms with Gasteiger partial charge in [0.25, 0.3) is 0 Å². The highest BCUT2D eigenvalue weighted by atomic mass is 16.2. The Morgan fingerprint density at radius 1 is 1.38 bits per heavy atom. The molecule has 6 nitrogen and oxygen atoms in total. The molecule has 1 atom stereocenters. The van der Waals surface area contributed by atoms with Crippen molar-refractivity contribution in [2.45, 2.75) is 38.4 Å². The number of amides is 2. The number of carbonyl (C=O) groups excluding carboxylic acids is 2. The van der Waals surface area contributed by atoms with Crippen LogP contribution in [0.15, 0.2) is 24.3 Å². The van der Waals surface area contributed by atoms with E-state index in [0.717, 1.165) is 18.4 Å². The standard InChI is InChI=1S/C15H22N4O2/c1-10(15(21)18-12-6-7-12)19(9-14(17)20)8-11-4-2-3-5-13(11)16/h2-5,10,12H,6-9,16H2,1H3,(H2,17,20)(H,18,21). The van der Waals surface area contributed by atoms with Gasteiger partial charge in [-0.2, -0.15) is 0 Å². The number of primary amides is 1. The molecule has 0 bridgehead atoms. The molecule has 5 N–H and O–H groups in total. The summed E-state index contributed by atoms with van der Waals surface area (Å²) >= 11 is 0. The molecular formula is C15H22N4O2. The fourth-order valence-corrected chi connectivity index (χ4v) is 2.14. The summed E-state index contributed by atoms with van der Waals surface area (Å²) in [6, 6.07) is 7.26. The van der Waals surface area contributed by atoms with Crippen LogP contribution in [0.25, 0.3) is 0 Å². The first-order chi connectivity index (χ1) is 9.97. The molecule has 1 fully saturated rings. The van der Waals surface area contributed by atoms with E-state index in [-0.39, 0.29) is 18.5 Å². The molecule has 2 rings (SSSR count). The molecular weight excluding hydrogens is 268 g/mol. The zero-order chi connectivity index (χ0) is 15.4. The fraction of sp³-hybridized carbons (Fsp3) is 0.467. The van der Waals surface area contributed by atoms with Gasteiger partial charge in [0.05, 0.1) is 12.6 Å². The number of hydrogen-bond donors (Lipinski definition) is 3. The average Bonchev–Trinajstić information content (AvgIpc) is 3.23. The van der Waals surface area contributed by atoms with E-state index in [1.807, 2.05) is 18.2 Å². The smallest absolute Gasteiger partial charge is 0.237 e. The molecule has 0 radical (unpaired) electrons. The predicted molar refractivity (Wildman–Crippen MR) is 81.1 cm³/mol. The van der Waals surface area contributed by atoms with Gasteiger partial charge in [-0.3, -0.25) is 14.5 Å². The molecule has 21 heavy (non-hydrogen) atoms. The number of nitrogen functional groups attached to an aromatic ring is 1. The Labute approximate surface area is 124 Å². The summed E-state index contributed by atoms with van der Waals surface area (Å²) in [5.41, 5.74) is 12.7. The number of carbonyl (C=O) groups is 2. The number of nitrogens with two attached hydrogens (primary N) is 2. The molecule has 0 aromatic heterocycles. The van der Waals surface area contributed by atoms with E-state index in [9.17, 15) is 9.59 Å². The van der Waals surface area contributed by atoms with Crippen LogP contribution in [0.3, 0.4) is 0 Å². The van der Waals surface area contributed by atoms with Crippen molar-refractivity contribution in [3.63, 3.8) is 0 Å². The maximum atomic E-state index is 12.2. The SMILES string of the molecule is CC(C(=O)NC1CC1)N(CC(N)=O)Cc1ccccc1N. The van der Waals surface area contributed by atoms with Crippen LogP contribution in [0.1, 0.15) is 25.3 Å². The monoisotopic (exact) mass is 290 g/mol. The minimum Gasteiger partial charge on any atom is -0.398 e. The van der Waals surface area contributed by atoms with E-state index in [1.165, 1.54) is 0 Å². The number of hydrogen-bond acceptors (Lipinski definition) is 4. The molecule has 1 aromatic carbocycles. The van der Waals surface area contributed by atoms with Crippen molar-refractivity contribution < 1.29 is 9.59 Å². The van der Waals surface area contributed by atoms with E-state index in [2.05, 4.69) is 5.32 Å². The lowest BCUT2D eigenvalue weighted by atomic mass is 10.1. The predicted octanol–water partition coefficient (Wildman–Crippen LogP) is 0.223. The second-order valence-corrected chi connectivity index (χ2v) is 5.53. The van der Waals surface area contributed by atoms with Crippen molar-refractivity contribution in [2.24, 2.45) is 5.73 Å². The second-order valence-electron chi connectivity index (χ2n) is 5.53. The third-order valence-corrected chi connectivity index (χ3v) is 3.64. The Kier molecular flexibility index (Phi) is 4.80. The van der Waals surface area contributed by atoms with Gasteiger partial charge < -0.3 is 16.8 Å². The first kappa shape index (κ1) is 15.3. The van der Waals surface area contributed by atoms with Gasteiger partial charge >= 0.3 is 0 Å². The molecule has 1 aliphatic carbocycles. The molecule has 0 spiro atoms. The summed E-state index contributed by atoms with van der Waals surface area (Å²) in [7, 11) is 0. The lowest BCUT2D eigenvalue weighted by Crippen LogP contribution is -2.48. The Balaban J connectivity index is 2.07. The van der Waals surface area contributed by atoms with Gasteiger partial charge in [-0.05, 0) is 31.4 Å². The molecule has 2 amide bonds. The average molecular weight is 290 g/mol. The maximum absolute atomic E-state index is 12.2. The van der Waals surface area contributed by atoms with Gasteiger partial charge in [0.2, 0.25) is 11.8 Å². The third kappa shape index (κ3) is 4.46. The molecule has 1 saturated carbocycles. The minimum absolute atomic E-state index is 0.0214. The van der Waals surface area contributed by atoms with Gasteiger partial charge in [-0.25, -0.2) is 0 Å². The molecule has 0 saturated heterocycles. The molecule has 114 valence electrons. The summed E-state index contributed by atoms with van der Waals surface area (Å²) in [6.45, 7) is 2.21. The van der Waals surface area contributed by atoms with Gasteiger partial charge in [-0.1, -0.05) is 18.2 Å². The highest BCUT2D eigenvalue weighted by molar-refractivity contribution is 5.83. The fourth-order valence-electron chi connectivity index (χ4n) is 2.14. The zero-order valence-electron chi connectivity index (χ0n) is 12.2. The first-order valence-corrected chi connectivity index (χ1v) is 7.13. The molecule has 1 aromatic rings. The van der Waals surface area contributed by atoms with Crippen molar-refractivity contribution in [2.75, 3.05) is 12.3 Å². The summed E-state index contributed by atoms with van der Waals surface area (Å²) in [4.78, 5) is 25.2. The summed E-state index contributed by atoms with van der Waals surface area (Å²) < 4.78 is 0. The second kappa shape index (κ2) is 6.58. The highest BCUT2D eigenvalue weighted by Gasteiger charge is 2.29. The van der Waals surface area contributed by atoms with Crippen molar-refractivity contribution in [1.82, 2.24) is 10.2 Å². The van der Waals surface area contributed by atoms with E-state index in [0.29, 0.717) is 12.2 Å². The molecule has 6 heteroatoms. The molecule has 1 aliphatic rings. The van der Waals surface area contributed by atoms with Crippen molar-refractivity contribution in [1.29, 1.82) is 0 Å². The highest BCUT2D eigenvalue weighted by Crippen LogP contribution is 2.20. The van der Waals surface area contributed by atoms with E-state index < -0.39 is 11.9 Å². The Morgan fingerprint density at radius 2 is 2.05 bits per heavy atom. The van der Waals surface area contributed by atoms with Gasteiger partial charge in [0.1, 0.15) is 0 Å². The quantitative estimate of drug-likeness (QED) is 0.625. The lowest BCUT2D eigenvalue weighted by molar-refractivity contribution is -0.128. The Hall–Kier alpha value is -2.08. The maximum Gasteiger partial charge on any atom is 0.237 e. The van der Waals surface area contributed by atoms with Crippen molar-refractivity contribution in [3.8, 4) is 0 Å². The number of rotatable bonds is 7. The van der Waals surface area contributed by atoms with E-state index >= 15 is 0 Å². The molecule has 0 heterocycles. The largest absolute Gasteiger partial charge is 0.398 e. The van der Waals surface area contributed by atoms with Crippen LogP contribution in [0.4, 0.5) is 5.69 Å². The zero-order valence-corrected chi connectivity index (χ0v) is 12.2. The van der Waals surface area contributed by atoms with Crippen LogP contribution >= 0.6 is 0 Å². The number of para-hydroxylation sites is 1. The van der Waals surface area contributed by atoms with Crippen molar-refractivity contribution >= 4 is 17.5 Å². The number of nitrogens with one attached hydrogen (secondary N) is 1. The summed E-state index contributed by atoms with van der Waals surface area (Å²) in [5.74, 6) is -0.538. The van der Waals surface area contributed by atoms with Crippen LogP contribution in [-0.2, 0) is 16.1 Å². The summed E-state index contributed by atoms with van der Waals surface area (Å²) in [5, 5.41) is 2.94. The van der Waals surface area contributed by atoms with Crippen LogP contribution in [0, 0.1) is 0 Å². The van der Waals surface area contributed by atoms with Crippen molar-refractivity contribution in [3.05, 3.63) is 29.8 Å². The van der Waals surface area contributed by atoms with Crippen LogP contribution in [-0.4, -0.2) is 35.3 Å². The lowest BCUT2D eigenvalue weighted by Gasteiger charge is -2.27. The van der Waals surface area contributed by atoms with Gasteiger partial charge in [0.15, 0.2) is 0 Å². The van der Waals surface area contributed by atoms with Crippen LogP contribution in [0.5, 0.6) is 0 Å². The number of benzene rings is 1. The Bertz CT molecular complexity index is 528.